The second kappa shape index (κ2) is 9.85. The van der Waals surface area contributed by atoms with Crippen LogP contribution < -0.4 is 16.6 Å². The number of carbonyl (C=O) groups excluding carboxylic acids is 1. The number of rotatable bonds is 4. The van der Waals surface area contributed by atoms with Gasteiger partial charge in [-0.3, -0.25) is 18.8 Å². The molecule has 0 unspecified atom stereocenters. The van der Waals surface area contributed by atoms with Gasteiger partial charge in [-0.15, -0.1) is 5.10 Å². The lowest BCUT2D eigenvalue weighted by Crippen LogP contribution is -2.32. The molecular weight excluding hydrogens is 506 g/mol. The van der Waals surface area contributed by atoms with Crippen LogP contribution in [-0.4, -0.2) is 39.8 Å². The molecule has 0 bridgehead atoms. The van der Waals surface area contributed by atoms with Crippen LogP contribution in [0.2, 0.25) is 0 Å². The minimum absolute atomic E-state index is 0.0287. The Balaban J connectivity index is 1.48. The van der Waals surface area contributed by atoms with Crippen LogP contribution in [0.1, 0.15) is 40.1 Å². The number of nitrogens with two attached hydrogens (primary N) is 1. The summed E-state index contributed by atoms with van der Waals surface area (Å²) in [5.41, 5.74) is 8.79. The van der Waals surface area contributed by atoms with Crippen molar-refractivity contribution < 1.29 is 4.79 Å². The van der Waals surface area contributed by atoms with Gasteiger partial charge in [0.2, 0.25) is 0 Å². The number of nitrogen functional groups attached to an aromatic ring is 1. The summed E-state index contributed by atoms with van der Waals surface area (Å²) in [7, 11) is 1.82. The highest BCUT2D eigenvalue weighted by molar-refractivity contribution is 6.04. The fraction of sp³-hybridized carbons (Fsp3) is 0.103. The van der Waals surface area contributed by atoms with E-state index in [9.17, 15) is 9.59 Å². The molecule has 0 spiro atoms. The van der Waals surface area contributed by atoms with Crippen molar-refractivity contribution in [3.63, 3.8) is 0 Å². The molecule has 0 fully saturated rings. The van der Waals surface area contributed by atoms with Crippen LogP contribution in [0.4, 0.5) is 5.82 Å². The zero-order chi connectivity index (χ0) is 27.8. The fourth-order valence-corrected chi connectivity index (χ4v) is 4.66. The molecule has 6 rings (SSSR count). The van der Waals surface area contributed by atoms with Crippen molar-refractivity contribution in [2.45, 2.75) is 13.0 Å². The molecule has 0 aliphatic heterocycles. The first kappa shape index (κ1) is 24.6. The summed E-state index contributed by atoms with van der Waals surface area (Å²) in [6.07, 6.45) is 6.23. The van der Waals surface area contributed by atoms with Gasteiger partial charge in [-0.05, 0) is 36.6 Å². The average Bonchev–Trinajstić information content (AvgIpc) is 3.53. The van der Waals surface area contributed by atoms with Gasteiger partial charge in [0.05, 0.1) is 23.2 Å². The van der Waals surface area contributed by atoms with E-state index < -0.39 is 11.9 Å². The van der Waals surface area contributed by atoms with E-state index in [0.29, 0.717) is 27.7 Å². The third kappa shape index (κ3) is 4.33. The van der Waals surface area contributed by atoms with Crippen molar-refractivity contribution in [2.24, 2.45) is 7.05 Å². The second-order valence-corrected chi connectivity index (χ2v) is 9.20. The number of hydrogen-bond donors (Lipinski definition) is 2. The van der Waals surface area contributed by atoms with E-state index in [1.54, 1.807) is 22.4 Å². The Morgan fingerprint density at radius 1 is 1.10 bits per heavy atom. The van der Waals surface area contributed by atoms with E-state index in [1.807, 2.05) is 67.8 Å². The molecule has 2 aromatic carbocycles. The van der Waals surface area contributed by atoms with Crippen molar-refractivity contribution in [3.8, 4) is 17.5 Å². The quantitative estimate of drug-likeness (QED) is 0.335. The molecule has 3 N–H and O–H groups in total. The van der Waals surface area contributed by atoms with Crippen molar-refractivity contribution >= 4 is 28.1 Å². The maximum atomic E-state index is 14.1. The molecule has 40 heavy (non-hydrogen) atoms. The number of para-hydroxylation sites is 1. The molecule has 11 heteroatoms. The summed E-state index contributed by atoms with van der Waals surface area (Å²) in [6.45, 7) is 1.81. The largest absolute Gasteiger partial charge is 0.381 e. The summed E-state index contributed by atoms with van der Waals surface area (Å²) in [5, 5.41) is 12.4. The molecule has 1 atom stereocenters. The minimum atomic E-state index is -0.592. The van der Waals surface area contributed by atoms with Gasteiger partial charge < -0.3 is 11.1 Å². The molecule has 0 saturated carbocycles. The van der Waals surface area contributed by atoms with Crippen LogP contribution in [0.5, 0.6) is 0 Å². The maximum Gasteiger partial charge on any atom is 0.264 e. The highest BCUT2D eigenvalue weighted by atomic mass is 16.2. The standard InChI is InChI=1S/C29H23N9O2/c1-18(34-28(39)25-26(30)35-37-17-31-16-32-27(25)37)23-13-21-8-6-7-20(12-11-19-14-33-36(2)15-19)24(21)29(40)38(23)22-9-4-3-5-10-22/h3-10,13-18H,1-2H3,(H2,30,35)(H,34,39)/t18-/m0/s1. The van der Waals surface area contributed by atoms with Gasteiger partial charge in [0.25, 0.3) is 11.5 Å². The van der Waals surface area contributed by atoms with Crippen molar-refractivity contribution in [2.75, 3.05) is 5.73 Å². The van der Waals surface area contributed by atoms with E-state index in [-0.39, 0.29) is 22.6 Å². The zero-order valence-corrected chi connectivity index (χ0v) is 21.6. The number of nitrogens with zero attached hydrogens (tertiary/aromatic N) is 7. The predicted octanol–water partition coefficient (Wildman–Crippen LogP) is 2.63. The van der Waals surface area contributed by atoms with Gasteiger partial charge >= 0.3 is 0 Å². The van der Waals surface area contributed by atoms with E-state index in [0.717, 1.165) is 5.56 Å². The van der Waals surface area contributed by atoms with Gasteiger partial charge in [-0.2, -0.15) is 5.10 Å². The Labute approximate surface area is 227 Å². The summed E-state index contributed by atoms with van der Waals surface area (Å²) >= 11 is 0. The Morgan fingerprint density at radius 3 is 2.70 bits per heavy atom. The van der Waals surface area contributed by atoms with Crippen LogP contribution in [0.15, 0.2) is 84.4 Å². The molecule has 1 amide bonds. The van der Waals surface area contributed by atoms with E-state index >= 15 is 0 Å². The predicted molar refractivity (Wildman–Crippen MR) is 150 cm³/mol. The number of nitrogens with one attached hydrogen (secondary N) is 1. The molecule has 0 aliphatic rings. The first-order valence-electron chi connectivity index (χ1n) is 12.4. The molecule has 196 valence electrons. The SMILES string of the molecule is C[C@H](NC(=O)c1c(N)nn2cncnc12)c1cc2cccc(C#Cc3cnn(C)c3)c2c(=O)n1-c1ccccc1. The molecular formula is C29H23N9O2. The number of pyridine rings is 1. The first-order valence-corrected chi connectivity index (χ1v) is 12.4. The number of aryl methyl sites for hydroxylation is 1. The normalized spacial score (nSPS) is 11.8. The number of aromatic nitrogens is 7. The fourth-order valence-electron chi connectivity index (χ4n) is 4.66. The number of amides is 1. The zero-order valence-electron chi connectivity index (χ0n) is 21.6. The lowest BCUT2D eigenvalue weighted by Gasteiger charge is -2.21. The summed E-state index contributed by atoms with van der Waals surface area (Å²) in [6, 6.07) is 16.1. The summed E-state index contributed by atoms with van der Waals surface area (Å²) in [5.74, 6) is 5.79. The number of fused-ring (bicyclic) bond motifs is 2. The van der Waals surface area contributed by atoms with Crippen LogP contribution >= 0.6 is 0 Å². The van der Waals surface area contributed by atoms with Crippen LogP contribution in [0.25, 0.3) is 22.1 Å². The Bertz CT molecular complexity index is 2030. The molecule has 6 aromatic rings. The van der Waals surface area contributed by atoms with Gasteiger partial charge in [-0.25, -0.2) is 14.5 Å². The van der Waals surface area contributed by atoms with Crippen molar-refractivity contribution in [3.05, 3.63) is 112 Å². The van der Waals surface area contributed by atoms with Gasteiger partial charge in [0.15, 0.2) is 11.5 Å². The van der Waals surface area contributed by atoms with Gasteiger partial charge in [-0.1, -0.05) is 42.2 Å². The third-order valence-corrected chi connectivity index (χ3v) is 6.49. The van der Waals surface area contributed by atoms with E-state index in [4.69, 9.17) is 5.73 Å². The number of benzene rings is 2. The summed E-state index contributed by atoms with van der Waals surface area (Å²) in [4.78, 5) is 35.6. The topological polar surface area (TPSA) is 138 Å². The lowest BCUT2D eigenvalue weighted by atomic mass is 10.0. The lowest BCUT2D eigenvalue weighted by molar-refractivity contribution is 0.0941. The third-order valence-electron chi connectivity index (χ3n) is 6.49. The van der Waals surface area contributed by atoms with Gasteiger partial charge in [0.1, 0.15) is 18.2 Å². The Morgan fingerprint density at radius 2 is 1.93 bits per heavy atom. The Kier molecular flexibility index (Phi) is 6.05. The van der Waals surface area contributed by atoms with Crippen molar-refractivity contribution in [1.29, 1.82) is 0 Å². The molecule has 0 radical (unpaired) electrons. The minimum Gasteiger partial charge on any atom is -0.381 e. The highest BCUT2D eigenvalue weighted by Gasteiger charge is 2.24. The average molecular weight is 530 g/mol. The van der Waals surface area contributed by atoms with Gasteiger partial charge in [0, 0.05) is 30.2 Å². The molecule has 4 heterocycles. The summed E-state index contributed by atoms with van der Waals surface area (Å²) < 4.78 is 4.62. The highest BCUT2D eigenvalue weighted by Crippen LogP contribution is 2.24. The smallest absolute Gasteiger partial charge is 0.264 e. The first-order chi connectivity index (χ1) is 19.4. The molecule has 11 nitrogen and oxygen atoms in total. The van der Waals surface area contributed by atoms with Crippen molar-refractivity contribution in [1.82, 2.24) is 39.2 Å². The van der Waals surface area contributed by atoms with Crippen LogP contribution in [0.3, 0.4) is 0 Å². The molecule has 0 saturated heterocycles. The number of hydrogen-bond acceptors (Lipinski definition) is 7. The number of carbonyl (C=O) groups is 1. The monoisotopic (exact) mass is 529 g/mol. The molecule has 4 aromatic heterocycles. The molecule has 0 aliphatic carbocycles. The van der Waals surface area contributed by atoms with E-state index in [1.165, 1.54) is 17.2 Å². The Hall–Kier alpha value is -5.76. The maximum absolute atomic E-state index is 14.1. The second-order valence-electron chi connectivity index (χ2n) is 9.20. The van der Waals surface area contributed by atoms with Crippen LogP contribution in [-0.2, 0) is 7.05 Å². The van der Waals surface area contributed by atoms with Crippen LogP contribution in [0, 0.1) is 11.8 Å². The number of anilines is 1. The van der Waals surface area contributed by atoms with E-state index in [2.05, 4.69) is 37.3 Å².